The van der Waals surface area contributed by atoms with Gasteiger partial charge in [-0.05, 0) is 70.7 Å². The molecule has 3 saturated heterocycles. The summed E-state index contributed by atoms with van der Waals surface area (Å²) in [5, 5.41) is 18.2. The summed E-state index contributed by atoms with van der Waals surface area (Å²) in [5.74, 6) is -1.02. The summed E-state index contributed by atoms with van der Waals surface area (Å²) in [6.07, 6.45) is 2.23. The molecule has 3 aliphatic rings. The molecule has 0 aliphatic carbocycles. The third-order valence-corrected chi connectivity index (χ3v) is 7.46. The number of amides is 1. The molecule has 0 saturated carbocycles. The zero-order valence-corrected chi connectivity index (χ0v) is 19.0. The number of rotatable bonds is 5. The summed E-state index contributed by atoms with van der Waals surface area (Å²) in [4.78, 5) is 16.2. The topological polar surface area (TPSA) is 79.9 Å². The number of hydrogen-bond donors (Lipinski definition) is 4. The molecular formula is C23H35F2N5O2. The number of hydrogen-bond acceptors (Lipinski definition) is 6. The summed E-state index contributed by atoms with van der Waals surface area (Å²) >= 11 is 0. The van der Waals surface area contributed by atoms with E-state index in [0.29, 0.717) is 31.8 Å². The molecule has 1 aromatic rings. The van der Waals surface area contributed by atoms with Crippen molar-refractivity contribution in [2.24, 2.45) is 5.92 Å². The lowest BCUT2D eigenvalue weighted by Gasteiger charge is -2.49. The van der Waals surface area contributed by atoms with Crippen LogP contribution in [0.15, 0.2) is 12.1 Å². The van der Waals surface area contributed by atoms with Crippen molar-refractivity contribution in [2.75, 3.05) is 49.5 Å². The van der Waals surface area contributed by atoms with Crippen LogP contribution in [0.1, 0.15) is 39.5 Å². The molecule has 2 atom stereocenters. The molecule has 9 heteroatoms. The predicted octanol–water partition coefficient (Wildman–Crippen LogP) is 1.87. The molecule has 7 nitrogen and oxygen atoms in total. The molecular weight excluding hydrogens is 416 g/mol. The first-order chi connectivity index (χ1) is 15.3. The van der Waals surface area contributed by atoms with Gasteiger partial charge in [0.05, 0.1) is 0 Å². The lowest BCUT2D eigenvalue weighted by atomic mass is 9.79. The fourth-order valence-corrected chi connectivity index (χ4v) is 5.38. The van der Waals surface area contributed by atoms with Gasteiger partial charge in [0.2, 0.25) is 5.91 Å². The van der Waals surface area contributed by atoms with E-state index in [1.807, 2.05) is 0 Å². The van der Waals surface area contributed by atoms with E-state index < -0.39 is 23.9 Å². The van der Waals surface area contributed by atoms with Crippen molar-refractivity contribution in [1.29, 1.82) is 0 Å². The van der Waals surface area contributed by atoms with Crippen LogP contribution in [-0.2, 0) is 4.79 Å². The Hall–Kier alpha value is -1.97. The van der Waals surface area contributed by atoms with Crippen molar-refractivity contribution < 1.29 is 18.7 Å². The molecule has 178 valence electrons. The number of halogens is 2. The van der Waals surface area contributed by atoms with Gasteiger partial charge in [-0.15, -0.1) is 0 Å². The van der Waals surface area contributed by atoms with Crippen LogP contribution in [0, 0.1) is 17.6 Å². The van der Waals surface area contributed by atoms with E-state index in [1.165, 1.54) is 12.1 Å². The average Bonchev–Trinajstić information content (AvgIpc) is 2.76. The molecule has 0 radical (unpaired) electrons. The Kier molecular flexibility index (Phi) is 6.88. The number of aliphatic hydroxyl groups excluding tert-OH is 1. The molecule has 32 heavy (non-hydrogen) atoms. The maximum atomic E-state index is 14.9. The summed E-state index contributed by atoms with van der Waals surface area (Å²) < 4.78 is 29.9. The first-order valence-electron chi connectivity index (χ1n) is 11.7. The van der Waals surface area contributed by atoms with Gasteiger partial charge in [-0.2, -0.15) is 0 Å². The van der Waals surface area contributed by atoms with Gasteiger partial charge in [-0.25, -0.2) is 8.78 Å². The van der Waals surface area contributed by atoms with Crippen LogP contribution in [0.4, 0.5) is 20.2 Å². The maximum Gasteiger partial charge on any atom is 0.244 e. The van der Waals surface area contributed by atoms with Gasteiger partial charge in [0.15, 0.2) is 11.6 Å². The number of aliphatic hydroxyl groups is 1. The Morgan fingerprint density at radius 3 is 2.25 bits per heavy atom. The Morgan fingerprint density at radius 1 is 1.03 bits per heavy atom. The van der Waals surface area contributed by atoms with Crippen LogP contribution in [0.5, 0.6) is 0 Å². The van der Waals surface area contributed by atoms with E-state index in [-0.39, 0.29) is 22.8 Å². The fourth-order valence-electron chi connectivity index (χ4n) is 5.38. The van der Waals surface area contributed by atoms with E-state index in [9.17, 15) is 18.7 Å². The quantitative estimate of drug-likeness (QED) is 0.548. The Morgan fingerprint density at radius 2 is 1.66 bits per heavy atom. The molecule has 0 bridgehead atoms. The summed E-state index contributed by atoms with van der Waals surface area (Å²) in [7, 11) is 0. The van der Waals surface area contributed by atoms with E-state index in [4.69, 9.17) is 0 Å². The lowest BCUT2D eigenvalue weighted by molar-refractivity contribution is -0.127. The van der Waals surface area contributed by atoms with Gasteiger partial charge in [0.25, 0.3) is 0 Å². The van der Waals surface area contributed by atoms with Crippen LogP contribution in [0.25, 0.3) is 0 Å². The number of carbonyl (C=O) groups is 1. The normalized spacial score (nSPS) is 26.2. The molecule has 1 aromatic carbocycles. The highest BCUT2D eigenvalue weighted by atomic mass is 19.1. The Balaban J connectivity index is 1.40. The zero-order chi connectivity index (χ0) is 22.9. The van der Waals surface area contributed by atoms with Crippen molar-refractivity contribution in [3.63, 3.8) is 0 Å². The van der Waals surface area contributed by atoms with E-state index in [0.717, 1.165) is 39.0 Å². The van der Waals surface area contributed by atoms with Crippen LogP contribution in [0.2, 0.25) is 0 Å². The first-order valence-corrected chi connectivity index (χ1v) is 11.7. The van der Waals surface area contributed by atoms with Crippen LogP contribution in [-0.4, -0.2) is 73.0 Å². The summed E-state index contributed by atoms with van der Waals surface area (Å²) in [6, 6.07) is 1.88. The molecule has 0 spiro atoms. The molecule has 4 N–H and O–H groups in total. The number of piperidine rings is 2. The van der Waals surface area contributed by atoms with Crippen molar-refractivity contribution >= 4 is 17.3 Å². The van der Waals surface area contributed by atoms with Crippen molar-refractivity contribution in [3.8, 4) is 0 Å². The van der Waals surface area contributed by atoms with Gasteiger partial charge in [-0.1, -0.05) is 0 Å². The number of carbonyl (C=O) groups excluding carboxylic acids is 1. The number of anilines is 2. The minimum absolute atomic E-state index is 0.00149. The minimum atomic E-state index is -0.866. The third-order valence-electron chi connectivity index (χ3n) is 7.46. The number of benzene rings is 1. The Bertz CT molecular complexity index is 800. The summed E-state index contributed by atoms with van der Waals surface area (Å²) in [5.41, 5.74) is 0.289. The monoisotopic (exact) mass is 451 g/mol. The second-order valence-electron chi connectivity index (χ2n) is 9.74. The molecule has 2 unspecified atom stereocenters. The van der Waals surface area contributed by atoms with Crippen molar-refractivity contribution in [3.05, 3.63) is 23.8 Å². The fraction of sp³-hybridized carbons (Fsp3) is 0.696. The zero-order valence-electron chi connectivity index (χ0n) is 19.0. The number of piperazine rings is 1. The highest BCUT2D eigenvalue weighted by molar-refractivity contribution is 5.85. The molecule has 4 rings (SSSR count). The Labute approximate surface area is 188 Å². The highest BCUT2D eigenvalue weighted by Gasteiger charge is 2.38. The van der Waals surface area contributed by atoms with E-state index >= 15 is 0 Å². The third kappa shape index (κ3) is 4.84. The SMILES string of the molecule is CC(C)(C1CCNCC1)N1CCN(c2c(F)cc(NC3CCC(O)NC3=O)cc2F)CC1. The van der Waals surface area contributed by atoms with Crippen LogP contribution >= 0.6 is 0 Å². The average molecular weight is 452 g/mol. The number of nitrogens with one attached hydrogen (secondary N) is 3. The van der Waals surface area contributed by atoms with Gasteiger partial charge >= 0.3 is 0 Å². The molecule has 1 amide bonds. The van der Waals surface area contributed by atoms with E-state index in [1.54, 1.807) is 4.90 Å². The van der Waals surface area contributed by atoms with Gasteiger partial charge in [-0.3, -0.25) is 9.69 Å². The molecule has 3 aliphatic heterocycles. The maximum absolute atomic E-state index is 14.9. The minimum Gasteiger partial charge on any atom is -0.374 e. The molecule has 3 heterocycles. The van der Waals surface area contributed by atoms with Crippen molar-refractivity contribution in [2.45, 2.75) is 57.3 Å². The summed E-state index contributed by atoms with van der Waals surface area (Å²) in [6.45, 7) is 9.35. The second-order valence-corrected chi connectivity index (χ2v) is 9.74. The predicted molar refractivity (Wildman–Crippen MR) is 121 cm³/mol. The molecule has 0 aromatic heterocycles. The van der Waals surface area contributed by atoms with Crippen LogP contribution in [0.3, 0.4) is 0 Å². The van der Waals surface area contributed by atoms with Crippen LogP contribution < -0.4 is 20.9 Å². The smallest absolute Gasteiger partial charge is 0.244 e. The lowest BCUT2D eigenvalue weighted by Crippen LogP contribution is -2.59. The van der Waals surface area contributed by atoms with Gasteiger partial charge in [0.1, 0.15) is 18.0 Å². The standard InChI is InChI=1S/C23H35F2N5O2/c1-23(2,15-5-7-26-8-6-15)30-11-9-29(10-12-30)21-17(24)13-16(14-18(21)25)27-19-3-4-20(31)28-22(19)32/h13-15,19-20,26-27,31H,3-12H2,1-2H3,(H,28,32). The molecule has 3 fully saturated rings. The largest absolute Gasteiger partial charge is 0.374 e. The van der Waals surface area contributed by atoms with E-state index in [2.05, 4.69) is 34.7 Å². The van der Waals surface area contributed by atoms with Crippen molar-refractivity contribution in [1.82, 2.24) is 15.5 Å². The highest BCUT2D eigenvalue weighted by Crippen LogP contribution is 2.34. The second kappa shape index (κ2) is 9.49. The first kappa shape index (κ1) is 23.2. The van der Waals surface area contributed by atoms with Gasteiger partial charge < -0.3 is 26.0 Å². The van der Waals surface area contributed by atoms with Gasteiger partial charge in [0, 0.05) is 37.4 Å². The number of nitrogens with zero attached hydrogens (tertiary/aromatic N) is 2.